The first-order chi connectivity index (χ1) is 14.4. The maximum Gasteiger partial charge on any atom is 0.328 e. The van der Waals surface area contributed by atoms with E-state index in [-0.39, 0.29) is 36.2 Å². The fraction of sp³-hybridized carbons (Fsp3) is 0.684. The number of carbonyl (C=O) groups excluding carboxylic acids is 2. The van der Waals surface area contributed by atoms with Gasteiger partial charge in [-0.25, -0.2) is 4.79 Å². The van der Waals surface area contributed by atoms with Crippen molar-refractivity contribution in [3.05, 3.63) is 31.5 Å². The van der Waals surface area contributed by atoms with Crippen LogP contribution in [-0.4, -0.2) is 68.3 Å². The van der Waals surface area contributed by atoms with E-state index in [1.54, 1.807) is 11.8 Å². The third-order valence-electron chi connectivity index (χ3n) is 6.27. The summed E-state index contributed by atoms with van der Waals surface area (Å²) in [6.45, 7) is 2.65. The number of nitrogens with one attached hydrogen (secondary N) is 1. The lowest BCUT2D eigenvalue weighted by atomic mass is 9.75. The van der Waals surface area contributed by atoms with E-state index >= 15 is 0 Å². The number of aliphatic hydroxyl groups is 1. The summed E-state index contributed by atoms with van der Waals surface area (Å²) in [6, 6.07) is -1.51. The molecule has 11 nitrogen and oxygen atoms in total. The van der Waals surface area contributed by atoms with Crippen LogP contribution < -0.4 is 22.7 Å². The molecule has 6 N–H and O–H groups in total. The van der Waals surface area contributed by atoms with Gasteiger partial charge < -0.3 is 26.2 Å². The summed E-state index contributed by atoms with van der Waals surface area (Å²) in [5.74, 6) is -0.733. The normalized spacial score (nSPS) is 26.6. The van der Waals surface area contributed by atoms with E-state index in [0.29, 0.717) is 25.9 Å². The molecule has 0 aliphatic carbocycles. The van der Waals surface area contributed by atoms with Crippen LogP contribution in [0.3, 0.4) is 0 Å². The summed E-state index contributed by atoms with van der Waals surface area (Å²) < 4.78 is 7.61. The number of aromatic amines is 1. The maximum absolute atomic E-state index is 12.4. The van der Waals surface area contributed by atoms with Crippen molar-refractivity contribution in [1.29, 1.82) is 0 Å². The molecule has 0 aromatic carbocycles. The molecule has 12 heteroatoms. The molecule has 2 amide bonds. The maximum atomic E-state index is 12.4. The lowest BCUT2D eigenvalue weighted by Gasteiger charge is -2.51. The smallest absolute Gasteiger partial charge is 0.328 e. The molecule has 172 valence electrons. The summed E-state index contributed by atoms with van der Waals surface area (Å²) >= 11 is 3.11. The third-order valence-corrected chi connectivity index (χ3v) is 6.83. The van der Waals surface area contributed by atoms with E-state index in [1.165, 1.54) is 10.8 Å². The zero-order chi connectivity index (χ0) is 23.0. The lowest BCUT2D eigenvalue weighted by Crippen LogP contribution is -2.59. The van der Waals surface area contributed by atoms with Crippen molar-refractivity contribution >= 4 is 27.7 Å². The Morgan fingerprint density at radius 3 is 2.61 bits per heavy atom. The number of halogens is 1. The Morgan fingerprint density at radius 2 is 2.03 bits per heavy atom. The predicted molar refractivity (Wildman–Crippen MR) is 114 cm³/mol. The van der Waals surface area contributed by atoms with E-state index in [2.05, 4.69) is 20.9 Å². The molecular weight excluding hydrogens is 474 g/mol. The lowest BCUT2D eigenvalue weighted by molar-refractivity contribution is -0.198. The first-order valence-corrected chi connectivity index (χ1v) is 10.9. The SMILES string of the molecule is C[C@]1(O)CC2(CCN(C(=O)CC[C@H](N)C(N)=O)CC2)OC[C@@H]1n1cc(Br)c(=O)[nH]c1=O. The molecule has 31 heavy (non-hydrogen) atoms. The minimum atomic E-state index is -1.26. The second-order valence-electron chi connectivity index (χ2n) is 8.62. The van der Waals surface area contributed by atoms with Crippen LogP contribution in [0.1, 0.15) is 45.1 Å². The van der Waals surface area contributed by atoms with Crippen molar-refractivity contribution in [2.45, 2.75) is 62.3 Å². The van der Waals surface area contributed by atoms with Gasteiger partial charge in [0.2, 0.25) is 11.8 Å². The molecule has 3 rings (SSSR count). The Labute approximate surface area is 186 Å². The number of amides is 2. The van der Waals surface area contributed by atoms with Gasteiger partial charge in [0, 0.05) is 32.1 Å². The minimum Gasteiger partial charge on any atom is -0.388 e. The highest BCUT2D eigenvalue weighted by atomic mass is 79.9. The molecule has 2 saturated heterocycles. The van der Waals surface area contributed by atoms with Crippen LogP contribution in [-0.2, 0) is 14.3 Å². The van der Waals surface area contributed by atoms with Gasteiger partial charge in [0.25, 0.3) is 5.56 Å². The van der Waals surface area contributed by atoms with Crippen molar-refractivity contribution in [3.8, 4) is 0 Å². The number of H-pyrrole nitrogens is 1. The van der Waals surface area contributed by atoms with Crippen LogP contribution in [0, 0.1) is 0 Å². The number of carbonyl (C=O) groups is 2. The summed E-state index contributed by atoms with van der Waals surface area (Å²) in [7, 11) is 0. The Hall–Kier alpha value is -2.02. The molecule has 0 saturated carbocycles. The highest BCUT2D eigenvalue weighted by Gasteiger charge is 2.50. The highest BCUT2D eigenvalue weighted by Crippen LogP contribution is 2.43. The highest BCUT2D eigenvalue weighted by molar-refractivity contribution is 9.10. The zero-order valence-electron chi connectivity index (χ0n) is 17.3. The van der Waals surface area contributed by atoms with Gasteiger partial charge in [0.05, 0.1) is 34.4 Å². The van der Waals surface area contributed by atoms with Gasteiger partial charge in [-0.3, -0.25) is 23.9 Å². The van der Waals surface area contributed by atoms with Crippen molar-refractivity contribution in [2.75, 3.05) is 19.7 Å². The average molecular weight is 502 g/mol. The minimum absolute atomic E-state index is 0.0901. The summed E-state index contributed by atoms with van der Waals surface area (Å²) in [5.41, 5.74) is 7.68. The number of nitrogens with two attached hydrogens (primary N) is 2. The average Bonchev–Trinajstić information content (AvgIpc) is 2.69. The number of rotatable bonds is 5. The topological polar surface area (TPSA) is 174 Å². The molecule has 0 bridgehead atoms. The number of piperidine rings is 1. The van der Waals surface area contributed by atoms with Crippen LogP contribution in [0.2, 0.25) is 0 Å². The number of hydrogen-bond donors (Lipinski definition) is 4. The second kappa shape index (κ2) is 8.85. The van der Waals surface area contributed by atoms with Gasteiger partial charge in [-0.15, -0.1) is 0 Å². The fourth-order valence-electron chi connectivity index (χ4n) is 4.39. The van der Waals surface area contributed by atoms with Crippen molar-refractivity contribution < 1.29 is 19.4 Å². The van der Waals surface area contributed by atoms with Crippen LogP contribution >= 0.6 is 15.9 Å². The largest absolute Gasteiger partial charge is 0.388 e. The van der Waals surface area contributed by atoms with Gasteiger partial charge in [-0.2, -0.15) is 0 Å². The third kappa shape index (κ3) is 5.08. The molecule has 1 spiro atoms. The van der Waals surface area contributed by atoms with E-state index in [4.69, 9.17) is 16.2 Å². The number of ether oxygens (including phenoxy) is 1. The number of aromatic nitrogens is 2. The molecule has 3 atom stereocenters. The van der Waals surface area contributed by atoms with Crippen LogP contribution in [0.5, 0.6) is 0 Å². The van der Waals surface area contributed by atoms with E-state index < -0.39 is 40.4 Å². The molecule has 0 radical (unpaired) electrons. The van der Waals surface area contributed by atoms with Gasteiger partial charge >= 0.3 is 5.69 Å². The summed E-state index contributed by atoms with van der Waals surface area (Å²) in [5, 5.41) is 11.2. The Kier molecular flexibility index (Phi) is 6.75. The standard InChI is InChI=1S/C19H28BrN5O6/c1-18(30)10-19(31-9-13(18)25-8-11(20)16(28)23-17(25)29)4-6-24(7-5-19)14(26)3-2-12(21)15(22)27/h8,12-13,30H,2-7,9-10,21H2,1H3,(H2,22,27)(H,23,28,29)/t12-,13-,18-/m0/s1. The first-order valence-electron chi connectivity index (χ1n) is 10.1. The van der Waals surface area contributed by atoms with Gasteiger partial charge in [-0.1, -0.05) is 0 Å². The van der Waals surface area contributed by atoms with Gasteiger partial charge in [0.1, 0.15) is 0 Å². The molecule has 0 unspecified atom stereocenters. The molecular formula is C19H28BrN5O6. The fourth-order valence-corrected chi connectivity index (χ4v) is 4.71. The summed E-state index contributed by atoms with van der Waals surface area (Å²) in [6.07, 6.45) is 3.05. The Morgan fingerprint density at radius 1 is 1.39 bits per heavy atom. The van der Waals surface area contributed by atoms with Crippen molar-refractivity contribution in [3.63, 3.8) is 0 Å². The quantitative estimate of drug-likeness (QED) is 0.398. The zero-order valence-corrected chi connectivity index (χ0v) is 18.9. The van der Waals surface area contributed by atoms with Gasteiger partial charge in [0.15, 0.2) is 0 Å². The second-order valence-corrected chi connectivity index (χ2v) is 9.47. The molecule has 2 fully saturated rings. The Balaban J connectivity index is 1.64. The molecule has 2 aliphatic heterocycles. The van der Waals surface area contributed by atoms with E-state index in [0.717, 1.165) is 0 Å². The first kappa shape index (κ1) is 23.6. The number of nitrogens with zero attached hydrogens (tertiary/aromatic N) is 2. The van der Waals surface area contributed by atoms with E-state index in [9.17, 15) is 24.3 Å². The van der Waals surface area contributed by atoms with Gasteiger partial charge in [-0.05, 0) is 42.1 Å². The number of likely N-dealkylation sites (tertiary alicyclic amines) is 1. The van der Waals surface area contributed by atoms with E-state index in [1.807, 2.05) is 0 Å². The Bertz CT molecular complexity index is 965. The van der Waals surface area contributed by atoms with Crippen LogP contribution in [0.15, 0.2) is 20.3 Å². The van der Waals surface area contributed by atoms with Crippen LogP contribution in [0.25, 0.3) is 0 Å². The monoisotopic (exact) mass is 501 g/mol. The molecule has 3 heterocycles. The molecule has 1 aromatic rings. The van der Waals surface area contributed by atoms with Crippen molar-refractivity contribution in [1.82, 2.24) is 14.5 Å². The number of hydrogen-bond acceptors (Lipinski definition) is 7. The van der Waals surface area contributed by atoms with Crippen LogP contribution in [0.4, 0.5) is 0 Å². The molecule has 1 aromatic heterocycles. The molecule has 2 aliphatic rings. The number of primary amides is 1. The summed E-state index contributed by atoms with van der Waals surface area (Å²) in [4.78, 5) is 51.2. The predicted octanol–water partition coefficient (Wildman–Crippen LogP) is -1.03. The van der Waals surface area contributed by atoms with Crippen molar-refractivity contribution in [2.24, 2.45) is 11.5 Å².